The minimum absolute atomic E-state index is 0.0440. The molecule has 8 rings (SSSR count). The number of hydrogen-bond acceptors (Lipinski definition) is 6. The van der Waals surface area contributed by atoms with Crippen LogP contribution in [0.25, 0.3) is 22.2 Å². The Labute approximate surface area is 298 Å². The molecule has 2 unspecified atom stereocenters. The smallest absolute Gasteiger partial charge is 0.303 e. The summed E-state index contributed by atoms with van der Waals surface area (Å²) >= 11 is 0. The number of ether oxygens (including phenoxy) is 1. The van der Waals surface area contributed by atoms with E-state index in [0.717, 1.165) is 69.2 Å². The molecule has 0 spiro atoms. The molecule has 2 aliphatic carbocycles. The number of hydrogen-bond donors (Lipinski definition) is 1. The lowest BCUT2D eigenvalue weighted by atomic mass is 9.81. The van der Waals surface area contributed by atoms with Gasteiger partial charge in [0.25, 0.3) is 11.5 Å². The SMILES string of the molecule is COc1ccc2c(c1)C1CC1(C(=O)N1Cc3cccc(=O)n3C[C@@H](C)C1)Cn1c-2c(C2CCCCC2)c2ccc(C(=O)NS(=O)(=O)N(C)C)cc21. The molecule has 2 aromatic carbocycles. The van der Waals surface area contributed by atoms with Crippen molar-refractivity contribution in [2.24, 2.45) is 11.3 Å². The van der Waals surface area contributed by atoms with Gasteiger partial charge in [-0.1, -0.05) is 38.3 Å². The van der Waals surface area contributed by atoms with E-state index in [4.69, 9.17) is 4.74 Å². The number of pyridine rings is 1. The molecule has 12 heteroatoms. The average molecular weight is 712 g/mol. The number of rotatable bonds is 6. The van der Waals surface area contributed by atoms with Crippen molar-refractivity contribution in [1.29, 1.82) is 0 Å². The number of carbonyl (C=O) groups is 2. The van der Waals surface area contributed by atoms with E-state index >= 15 is 4.79 Å². The molecule has 51 heavy (non-hydrogen) atoms. The number of methoxy groups -OCH3 is 1. The Kier molecular flexibility index (Phi) is 8.17. The molecule has 4 aromatic rings. The van der Waals surface area contributed by atoms with Crippen LogP contribution in [-0.2, 0) is 34.6 Å². The highest BCUT2D eigenvalue weighted by Gasteiger charge is 2.64. The van der Waals surface area contributed by atoms with Gasteiger partial charge in [0, 0.05) is 73.4 Å². The van der Waals surface area contributed by atoms with Crippen molar-refractivity contribution in [3.05, 3.63) is 87.3 Å². The number of aromatic nitrogens is 2. The lowest BCUT2D eigenvalue weighted by Gasteiger charge is -2.29. The molecule has 2 amide bonds. The van der Waals surface area contributed by atoms with Crippen molar-refractivity contribution in [3.63, 3.8) is 0 Å². The van der Waals surface area contributed by atoms with Gasteiger partial charge < -0.3 is 18.8 Å². The van der Waals surface area contributed by atoms with Crippen LogP contribution in [0.2, 0.25) is 0 Å². The van der Waals surface area contributed by atoms with Crippen molar-refractivity contribution >= 4 is 32.9 Å². The maximum atomic E-state index is 15.1. The van der Waals surface area contributed by atoms with E-state index in [1.807, 2.05) is 23.1 Å². The summed E-state index contributed by atoms with van der Waals surface area (Å²) in [7, 11) is 0.406. The van der Waals surface area contributed by atoms with Gasteiger partial charge in [-0.2, -0.15) is 12.7 Å². The third-order valence-electron chi connectivity index (χ3n) is 11.7. The third-order valence-corrected chi connectivity index (χ3v) is 13.1. The monoisotopic (exact) mass is 711 g/mol. The molecule has 0 bridgehead atoms. The summed E-state index contributed by atoms with van der Waals surface area (Å²) < 4.78 is 38.2. The molecule has 2 aromatic heterocycles. The molecule has 0 saturated heterocycles. The molecule has 3 atom stereocenters. The number of amides is 2. The highest BCUT2D eigenvalue weighted by atomic mass is 32.2. The third kappa shape index (κ3) is 5.58. The molecule has 4 heterocycles. The summed E-state index contributed by atoms with van der Waals surface area (Å²) in [5.41, 5.74) is 5.57. The van der Waals surface area contributed by atoms with Crippen molar-refractivity contribution in [2.75, 3.05) is 27.7 Å². The molecular formula is C39H45N5O6S. The van der Waals surface area contributed by atoms with Gasteiger partial charge in [-0.3, -0.25) is 14.4 Å². The summed E-state index contributed by atoms with van der Waals surface area (Å²) in [6, 6.07) is 17.0. The fraction of sp³-hybridized carbons (Fsp3) is 0.462. The second kappa shape index (κ2) is 12.4. The van der Waals surface area contributed by atoms with Crippen LogP contribution < -0.4 is 15.0 Å². The number of carbonyl (C=O) groups excluding carboxylic acids is 2. The van der Waals surface area contributed by atoms with E-state index in [1.165, 1.54) is 26.1 Å². The Morgan fingerprint density at radius 3 is 2.51 bits per heavy atom. The Hall–Kier alpha value is -4.42. The summed E-state index contributed by atoms with van der Waals surface area (Å²) in [5, 5.41) is 1.03. The van der Waals surface area contributed by atoms with Crippen molar-refractivity contribution in [2.45, 2.75) is 76.9 Å². The number of benzene rings is 2. The largest absolute Gasteiger partial charge is 0.497 e. The number of fused-ring (bicyclic) bond motifs is 8. The van der Waals surface area contributed by atoms with Crippen LogP contribution in [-0.4, -0.2) is 66.3 Å². The first kappa shape index (κ1) is 33.7. The first-order valence-electron chi connectivity index (χ1n) is 18.0. The van der Waals surface area contributed by atoms with Crippen LogP contribution in [0.1, 0.15) is 84.5 Å². The summed E-state index contributed by atoms with van der Waals surface area (Å²) in [5.74, 6) is 0.450. The van der Waals surface area contributed by atoms with E-state index in [1.54, 1.807) is 35.9 Å². The van der Waals surface area contributed by atoms with Crippen molar-refractivity contribution < 1.29 is 22.7 Å². The quantitative estimate of drug-likeness (QED) is 0.293. The second-order valence-electron chi connectivity index (χ2n) is 15.3. The molecule has 2 saturated carbocycles. The molecule has 2 aliphatic heterocycles. The van der Waals surface area contributed by atoms with Crippen LogP contribution in [0.5, 0.6) is 5.75 Å². The van der Waals surface area contributed by atoms with Crippen molar-refractivity contribution in [3.8, 4) is 17.0 Å². The van der Waals surface area contributed by atoms with Gasteiger partial charge in [-0.05, 0) is 78.6 Å². The Balaban J connectivity index is 1.31. The van der Waals surface area contributed by atoms with Gasteiger partial charge in [-0.15, -0.1) is 0 Å². The van der Waals surface area contributed by atoms with E-state index in [0.29, 0.717) is 38.5 Å². The molecule has 11 nitrogen and oxygen atoms in total. The molecule has 0 radical (unpaired) electrons. The second-order valence-corrected chi connectivity index (χ2v) is 17.1. The topological polar surface area (TPSA) is 123 Å². The highest BCUT2D eigenvalue weighted by molar-refractivity contribution is 7.87. The maximum Gasteiger partial charge on any atom is 0.303 e. The molecule has 1 N–H and O–H groups in total. The van der Waals surface area contributed by atoms with E-state index in [-0.39, 0.29) is 28.9 Å². The lowest BCUT2D eigenvalue weighted by Crippen LogP contribution is -2.41. The predicted molar refractivity (Wildman–Crippen MR) is 195 cm³/mol. The van der Waals surface area contributed by atoms with E-state index in [9.17, 15) is 18.0 Å². The Morgan fingerprint density at radius 1 is 0.980 bits per heavy atom. The van der Waals surface area contributed by atoms with Crippen molar-refractivity contribution in [1.82, 2.24) is 23.1 Å². The summed E-state index contributed by atoms with van der Waals surface area (Å²) in [4.78, 5) is 43.3. The lowest BCUT2D eigenvalue weighted by molar-refractivity contribution is -0.139. The highest BCUT2D eigenvalue weighted by Crippen LogP contribution is 2.66. The molecule has 268 valence electrons. The zero-order chi connectivity index (χ0) is 35.8. The average Bonchev–Trinajstić information content (AvgIpc) is 3.82. The fourth-order valence-electron chi connectivity index (χ4n) is 9.07. The Bertz CT molecular complexity index is 2250. The van der Waals surface area contributed by atoms with Crippen LogP contribution in [0.3, 0.4) is 0 Å². The molecular weight excluding hydrogens is 667 g/mol. The number of nitrogens with one attached hydrogen (secondary N) is 1. The van der Waals surface area contributed by atoms with Gasteiger partial charge in [0.05, 0.1) is 24.8 Å². The first-order chi connectivity index (χ1) is 24.4. The standard InChI is InChI=1S/C39H45N5O6S/c1-24-20-42(22-27-11-8-12-34(45)43(27)21-24)38(47)39-19-32(39)31-18-28(50-4)14-16-29(31)36-35(25-9-6-5-7-10-25)30-15-13-26(17-33(30)44(36)23-39)37(46)40-51(48,49)41(2)3/h8,11-18,24-25,32H,5-7,9-10,19-23H2,1-4H3,(H,40,46)/t24-,32?,39?/m0/s1. The van der Waals surface area contributed by atoms with Crippen LogP contribution in [0.15, 0.2) is 59.4 Å². The van der Waals surface area contributed by atoms with Gasteiger partial charge in [0.1, 0.15) is 5.75 Å². The van der Waals surface area contributed by atoms with Gasteiger partial charge in [0.2, 0.25) is 5.91 Å². The van der Waals surface area contributed by atoms with E-state index in [2.05, 4.69) is 28.3 Å². The first-order valence-corrected chi connectivity index (χ1v) is 19.4. The number of nitrogens with zero attached hydrogens (tertiary/aromatic N) is 4. The predicted octanol–water partition coefficient (Wildman–Crippen LogP) is 5.23. The van der Waals surface area contributed by atoms with Crippen LogP contribution >= 0.6 is 0 Å². The zero-order valence-electron chi connectivity index (χ0n) is 29.6. The van der Waals surface area contributed by atoms with Gasteiger partial charge in [-0.25, -0.2) is 4.72 Å². The maximum absolute atomic E-state index is 15.1. The van der Waals surface area contributed by atoms with Gasteiger partial charge >= 0.3 is 10.2 Å². The minimum atomic E-state index is -4.00. The molecule has 2 fully saturated rings. The Morgan fingerprint density at radius 2 is 1.76 bits per heavy atom. The fourth-order valence-corrected chi connectivity index (χ4v) is 9.61. The van der Waals surface area contributed by atoms with Crippen LogP contribution in [0, 0.1) is 11.3 Å². The van der Waals surface area contributed by atoms with Crippen LogP contribution in [0.4, 0.5) is 0 Å². The summed E-state index contributed by atoms with van der Waals surface area (Å²) in [6.45, 7) is 3.95. The summed E-state index contributed by atoms with van der Waals surface area (Å²) in [6.07, 6.45) is 6.25. The zero-order valence-corrected chi connectivity index (χ0v) is 30.5. The normalized spacial score (nSPS) is 23.0. The van der Waals surface area contributed by atoms with E-state index < -0.39 is 21.5 Å². The molecule has 4 aliphatic rings. The minimum Gasteiger partial charge on any atom is -0.497 e. The van der Waals surface area contributed by atoms with Gasteiger partial charge in [0.15, 0.2) is 0 Å².